The van der Waals surface area contributed by atoms with Crippen LogP contribution in [0.1, 0.15) is 40.6 Å². The number of carbonyl (C=O) groups is 1. The molecule has 1 aliphatic rings. The molecule has 140 valence electrons. The maximum Gasteiger partial charge on any atom is 0.335 e. The fraction of sp³-hybridized carbons (Fsp3) is 0.389. The largest absolute Gasteiger partial charge is 0.478 e. The molecule has 7 nitrogen and oxygen atoms in total. The van der Waals surface area contributed by atoms with Crippen LogP contribution in [0.4, 0.5) is 0 Å². The highest BCUT2D eigenvalue weighted by Crippen LogP contribution is 2.26. The van der Waals surface area contributed by atoms with Crippen molar-refractivity contribution in [2.75, 3.05) is 19.6 Å². The predicted molar refractivity (Wildman–Crippen MR) is 95.6 cm³/mol. The number of hydrogen-bond donors (Lipinski definition) is 2. The zero-order valence-corrected chi connectivity index (χ0v) is 15.3. The number of carboxylic acid groups (broad SMARTS) is 1. The molecule has 0 aliphatic carbocycles. The molecular formula is C18H22N2O5S. The summed E-state index contributed by atoms with van der Waals surface area (Å²) >= 11 is 0. The van der Waals surface area contributed by atoms with Gasteiger partial charge in [-0.1, -0.05) is 6.07 Å². The van der Waals surface area contributed by atoms with Gasteiger partial charge < -0.3 is 9.52 Å². The Morgan fingerprint density at radius 3 is 2.65 bits per heavy atom. The zero-order chi connectivity index (χ0) is 18.7. The Labute approximate surface area is 152 Å². The molecule has 8 heteroatoms. The standard InChI is InChI=1S/C18H22N2O5S/c1-13-6-7-14(18(21)22)11-17(13)26(23,24)19-12-15(16-5-4-10-25-16)20-8-2-3-9-20/h4-7,10-11,15,19H,2-3,8-9,12H2,1H3,(H,21,22). The summed E-state index contributed by atoms with van der Waals surface area (Å²) in [6.45, 7) is 3.58. The SMILES string of the molecule is Cc1ccc(C(=O)O)cc1S(=O)(=O)NCC(c1ccco1)N1CCCC1. The summed E-state index contributed by atoms with van der Waals surface area (Å²) in [5, 5.41) is 9.12. The summed E-state index contributed by atoms with van der Waals surface area (Å²) in [5.41, 5.74) is 0.441. The molecule has 0 spiro atoms. The average molecular weight is 378 g/mol. The Balaban J connectivity index is 1.82. The molecule has 0 saturated carbocycles. The van der Waals surface area contributed by atoms with Crippen molar-refractivity contribution >= 4 is 16.0 Å². The Kier molecular flexibility index (Phi) is 5.45. The number of nitrogens with zero attached hydrogens (tertiary/aromatic N) is 1. The zero-order valence-electron chi connectivity index (χ0n) is 14.5. The molecule has 3 rings (SSSR count). The van der Waals surface area contributed by atoms with Crippen LogP contribution in [-0.2, 0) is 10.0 Å². The second-order valence-electron chi connectivity index (χ2n) is 6.41. The van der Waals surface area contributed by atoms with Crippen molar-refractivity contribution < 1.29 is 22.7 Å². The molecule has 2 heterocycles. The van der Waals surface area contributed by atoms with Crippen molar-refractivity contribution in [3.8, 4) is 0 Å². The molecule has 1 aromatic heterocycles. The second kappa shape index (κ2) is 7.61. The number of furan rings is 1. The van der Waals surface area contributed by atoms with Crippen LogP contribution >= 0.6 is 0 Å². The molecule has 1 atom stereocenters. The minimum absolute atomic E-state index is 0.0167. The highest BCUT2D eigenvalue weighted by Gasteiger charge is 2.28. The Hall–Kier alpha value is -2.16. The third-order valence-corrected chi connectivity index (χ3v) is 6.21. The Morgan fingerprint density at radius 2 is 2.04 bits per heavy atom. The van der Waals surface area contributed by atoms with Gasteiger partial charge in [0.2, 0.25) is 10.0 Å². The van der Waals surface area contributed by atoms with Gasteiger partial charge in [0.1, 0.15) is 5.76 Å². The first-order chi connectivity index (χ1) is 12.4. The van der Waals surface area contributed by atoms with Gasteiger partial charge in [0.25, 0.3) is 0 Å². The number of hydrogen-bond acceptors (Lipinski definition) is 5. The van der Waals surface area contributed by atoms with Crippen molar-refractivity contribution in [1.82, 2.24) is 9.62 Å². The normalized spacial score (nSPS) is 16.7. The number of aromatic carboxylic acids is 1. The van der Waals surface area contributed by atoms with Crippen molar-refractivity contribution in [2.24, 2.45) is 0 Å². The fourth-order valence-electron chi connectivity index (χ4n) is 3.23. The number of aryl methyl sites for hydroxylation is 1. The molecule has 1 aromatic carbocycles. The molecular weight excluding hydrogens is 356 g/mol. The Morgan fingerprint density at radius 1 is 1.31 bits per heavy atom. The van der Waals surface area contributed by atoms with Gasteiger partial charge in [0.15, 0.2) is 0 Å². The van der Waals surface area contributed by atoms with Crippen LogP contribution in [0.5, 0.6) is 0 Å². The van der Waals surface area contributed by atoms with E-state index < -0.39 is 16.0 Å². The number of carboxylic acids is 1. The van der Waals surface area contributed by atoms with Crippen molar-refractivity contribution in [2.45, 2.75) is 30.7 Å². The summed E-state index contributed by atoms with van der Waals surface area (Å²) in [6.07, 6.45) is 3.72. The molecule has 26 heavy (non-hydrogen) atoms. The van der Waals surface area contributed by atoms with E-state index in [9.17, 15) is 13.2 Å². The molecule has 1 unspecified atom stereocenters. The van der Waals surface area contributed by atoms with Gasteiger partial charge in [-0.25, -0.2) is 17.9 Å². The van der Waals surface area contributed by atoms with Crippen LogP contribution in [0.15, 0.2) is 45.9 Å². The van der Waals surface area contributed by atoms with Gasteiger partial charge in [-0.15, -0.1) is 0 Å². The first-order valence-electron chi connectivity index (χ1n) is 8.49. The number of nitrogens with one attached hydrogen (secondary N) is 1. The smallest absolute Gasteiger partial charge is 0.335 e. The lowest BCUT2D eigenvalue weighted by Gasteiger charge is -2.26. The van der Waals surface area contributed by atoms with Crippen molar-refractivity contribution in [3.63, 3.8) is 0 Å². The van der Waals surface area contributed by atoms with Crippen LogP contribution in [0, 0.1) is 6.92 Å². The highest BCUT2D eigenvalue weighted by atomic mass is 32.2. The second-order valence-corrected chi connectivity index (χ2v) is 8.15. The summed E-state index contributed by atoms with van der Waals surface area (Å²) in [6, 6.07) is 7.53. The lowest BCUT2D eigenvalue weighted by Crippen LogP contribution is -2.36. The van der Waals surface area contributed by atoms with E-state index in [2.05, 4.69) is 9.62 Å². The third-order valence-electron chi connectivity index (χ3n) is 4.64. The van der Waals surface area contributed by atoms with Gasteiger partial charge >= 0.3 is 5.97 Å². The summed E-state index contributed by atoms with van der Waals surface area (Å²) in [5.74, 6) is -0.447. The quantitative estimate of drug-likeness (QED) is 0.767. The van der Waals surface area contributed by atoms with Crippen LogP contribution in [0.25, 0.3) is 0 Å². The van der Waals surface area contributed by atoms with Crippen LogP contribution in [0.3, 0.4) is 0 Å². The number of benzene rings is 1. The first kappa shape index (κ1) is 18.6. The molecule has 1 aliphatic heterocycles. The predicted octanol–water partition coefficient (Wildman–Crippen LogP) is 2.40. The maximum atomic E-state index is 12.8. The van der Waals surface area contributed by atoms with Gasteiger partial charge in [0.05, 0.1) is 22.8 Å². The minimum Gasteiger partial charge on any atom is -0.478 e. The molecule has 1 fully saturated rings. The van der Waals surface area contributed by atoms with E-state index in [1.807, 2.05) is 6.07 Å². The van der Waals surface area contributed by atoms with Gasteiger partial charge in [-0.05, 0) is 62.7 Å². The summed E-state index contributed by atoms with van der Waals surface area (Å²) < 4.78 is 33.7. The molecule has 0 bridgehead atoms. The van der Waals surface area contributed by atoms with Crippen LogP contribution in [-0.4, -0.2) is 44.0 Å². The maximum absolute atomic E-state index is 12.8. The van der Waals surface area contributed by atoms with E-state index in [0.29, 0.717) is 11.3 Å². The third kappa shape index (κ3) is 3.98. The van der Waals surface area contributed by atoms with Crippen molar-refractivity contribution in [1.29, 1.82) is 0 Å². The highest BCUT2D eigenvalue weighted by molar-refractivity contribution is 7.89. The summed E-state index contributed by atoms with van der Waals surface area (Å²) in [7, 11) is -3.84. The van der Waals surface area contributed by atoms with Gasteiger partial charge in [0, 0.05) is 6.54 Å². The minimum atomic E-state index is -3.84. The first-order valence-corrected chi connectivity index (χ1v) is 9.98. The van der Waals surface area contributed by atoms with Gasteiger partial charge in [-0.3, -0.25) is 4.90 Å². The monoisotopic (exact) mass is 378 g/mol. The molecule has 0 amide bonds. The van der Waals surface area contributed by atoms with E-state index >= 15 is 0 Å². The van der Waals surface area contributed by atoms with Crippen LogP contribution in [0.2, 0.25) is 0 Å². The van der Waals surface area contributed by atoms with Gasteiger partial charge in [-0.2, -0.15) is 0 Å². The molecule has 1 saturated heterocycles. The molecule has 0 radical (unpaired) electrons. The lowest BCUT2D eigenvalue weighted by atomic mass is 10.1. The van der Waals surface area contributed by atoms with E-state index in [0.717, 1.165) is 25.9 Å². The average Bonchev–Trinajstić information content (AvgIpc) is 3.29. The molecule has 2 aromatic rings. The van der Waals surface area contributed by atoms with E-state index in [1.54, 1.807) is 19.3 Å². The van der Waals surface area contributed by atoms with Crippen molar-refractivity contribution in [3.05, 3.63) is 53.5 Å². The topological polar surface area (TPSA) is 99.8 Å². The van der Waals surface area contributed by atoms with E-state index in [-0.39, 0.29) is 23.0 Å². The summed E-state index contributed by atoms with van der Waals surface area (Å²) in [4.78, 5) is 13.3. The number of rotatable bonds is 7. The fourth-order valence-corrected chi connectivity index (χ4v) is 4.54. The number of sulfonamides is 1. The molecule has 2 N–H and O–H groups in total. The number of likely N-dealkylation sites (tertiary alicyclic amines) is 1. The van der Waals surface area contributed by atoms with Crippen LogP contribution < -0.4 is 4.72 Å². The van der Waals surface area contributed by atoms with E-state index in [4.69, 9.17) is 9.52 Å². The van der Waals surface area contributed by atoms with E-state index in [1.165, 1.54) is 18.2 Å². The lowest BCUT2D eigenvalue weighted by molar-refractivity contribution is 0.0696. The Bertz CT molecular complexity index is 871.